The summed E-state index contributed by atoms with van der Waals surface area (Å²) in [5.41, 5.74) is 0. The van der Waals surface area contributed by atoms with Crippen molar-refractivity contribution in [2.75, 3.05) is 13.1 Å². The maximum atomic E-state index is 11.5. The van der Waals surface area contributed by atoms with Crippen molar-refractivity contribution in [1.82, 2.24) is 10.6 Å². The lowest BCUT2D eigenvalue weighted by molar-refractivity contribution is -0.121. The second-order valence-corrected chi connectivity index (χ2v) is 5.84. The summed E-state index contributed by atoms with van der Waals surface area (Å²) in [4.78, 5) is 11.5. The van der Waals surface area contributed by atoms with Gasteiger partial charge in [0.2, 0.25) is 5.91 Å². The Morgan fingerprint density at radius 2 is 2.00 bits per heavy atom. The third-order valence-electron chi connectivity index (χ3n) is 3.46. The van der Waals surface area contributed by atoms with Crippen LogP contribution in [-0.4, -0.2) is 25.0 Å². The van der Waals surface area contributed by atoms with Gasteiger partial charge in [0.05, 0.1) is 0 Å². The van der Waals surface area contributed by atoms with Crippen LogP contribution in [0.15, 0.2) is 0 Å². The smallest absolute Gasteiger partial charge is 0.221 e. The molecule has 17 heavy (non-hydrogen) atoms. The molecule has 2 N–H and O–H groups in total. The molecule has 1 amide bonds. The minimum atomic E-state index is 0.169. The number of amides is 1. The average Bonchev–Trinajstić information content (AvgIpc) is 2.20. The maximum Gasteiger partial charge on any atom is 0.221 e. The predicted octanol–water partition coefficient (Wildman–Crippen LogP) is 2.32. The molecule has 1 aliphatic carbocycles. The largest absolute Gasteiger partial charge is 0.356 e. The Morgan fingerprint density at radius 1 is 1.29 bits per heavy atom. The molecule has 3 nitrogen and oxygen atoms in total. The van der Waals surface area contributed by atoms with Gasteiger partial charge in [-0.25, -0.2) is 0 Å². The first-order valence-corrected chi connectivity index (χ1v) is 7.08. The first kappa shape index (κ1) is 14.5. The SMILES string of the molecule is CC(C)CNC(=O)CCNC(C)CC1CCC1. The van der Waals surface area contributed by atoms with Gasteiger partial charge in [-0.15, -0.1) is 0 Å². The lowest BCUT2D eigenvalue weighted by Crippen LogP contribution is -2.34. The van der Waals surface area contributed by atoms with E-state index in [4.69, 9.17) is 0 Å². The molecule has 0 aliphatic heterocycles. The summed E-state index contributed by atoms with van der Waals surface area (Å²) >= 11 is 0. The third kappa shape index (κ3) is 6.67. The van der Waals surface area contributed by atoms with Crippen molar-refractivity contribution >= 4 is 5.91 Å². The van der Waals surface area contributed by atoms with Crippen LogP contribution in [0.4, 0.5) is 0 Å². The Labute approximate surface area is 106 Å². The normalized spacial score (nSPS) is 17.9. The molecule has 3 heteroatoms. The monoisotopic (exact) mass is 240 g/mol. The number of carbonyl (C=O) groups is 1. The zero-order valence-electron chi connectivity index (χ0n) is 11.6. The summed E-state index contributed by atoms with van der Waals surface area (Å²) in [5, 5.41) is 6.38. The molecule has 0 radical (unpaired) electrons. The minimum absolute atomic E-state index is 0.169. The Balaban J connectivity index is 1.96. The Kier molecular flexibility index (Phi) is 6.56. The highest BCUT2D eigenvalue weighted by Crippen LogP contribution is 2.30. The van der Waals surface area contributed by atoms with Crippen LogP contribution < -0.4 is 10.6 Å². The Bertz CT molecular complexity index is 224. The van der Waals surface area contributed by atoms with Gasteiger partial charge in [-0.1, -0.05) is 33.1 Å². The van der Waals surface area contributed by atoms with Crippen LogP contribution >= 0.6 is 0 Å². The summed E-state index contributed by atoms with van der Waals surface area (Å²) < 4.78 is 0. The van der Waals surface area contributed by atoms with E-state index in [0.29, 0.717) is 18.4 Å². The van der Waals surface area contributed by atoms with Crippen molar-refractivity contribution in [3.05, 3.63) is 0 Å². The van der Waals surface area contributed by atoms with Crippen molar-refractivity contribution < 1.29 is 4.79 Å². The van der Waals surface area contributed by atoms with Crippen molar-refractivity contribution in [2.24, 2.45) is 11.8 Å². The van der Waals surface area contributed by atoms with E-state index in [1.165, 1.54) is 25.7 Å². The number of hydrogen-bond donors (Lipinski definition) is 2. The summed E-state index contributed by atoms with van der Waals surface area (Å²) in [7, 11) is 0. The zero-order chi connectivity index (χ0) is 12.7. The van der Waals surface area contributed by atoms with Crippen LogP contribution in [0.5, 0.6) is 0 Å². The van der Waals surface area contributed by atoms with Crippen LogP contribution in [0.25, 0.3) is 0 Å². The Morgan fingerprint density at radius 3 is 2.53 bits per heavy atom. The molecule has 0 aromatic carbocycles. The van der Waals surface area contributed by atoms with Crippen molar-refractivity contribution in [2.45, 2.75) is 58.9 Å². The quantitative estimate of drug-likeness (QED) is 0.683. The van der Waals surface area contributed by atoms with Gasteiger partial charge in [-0.3, -0.25) is 4.79 Å². The van der Waals surface area contributed by atoms with Gasteiger partial charge in [0.25, 0.3) is 0 Å². The molecule has 1 rings (SSSR count). The molecule has 0 aromatic rings. The highest BCUT2D eigenvalue weighted by molar-refractivity contribution is 5.76. The fourth-order valence-electron chi connectivity index (χ4n) is 2.15. The topological polar surface area (TPSA) is 41.1 Å². The van der Waals surface area contributed by atoms with E-state index in [0.717, 1.165) is 19.0 Å². The van der Waals surface area contributed by atoms with E-state index in [1.807, 2.05) is 0 Å². The second kappa shape index (κ2) is 7.70. The highest BCUT2D eigenvalue weighted by Gasteiger charge is 2.19. The van der Waals surface area contributed by atoms with E-state index in [2.05, 4.69) is 31.4 Å². The van der Waals surface area contributed by atoms with E-state index < -0.39 is 0 Å². The molecular weight excluding hydrogens is 212 g/mol. The van der Waals surface area contributed by atoms with Gasteiger partial charge in [0, 0.05) is 25.6 Å². The number of rotatable bonds is 8. The molecular formula is C14H28N2O. The van der Waals surface area contributed by atoms with Crippen LogP contribution in [0, 0.1) is 11.8 Å². The summed E-state index contributed by atoms with van der Waals surface area (Å²) in [6, 6.07) is 0.554. The second-order valence-electron chi connectivity index (χ2n) is 5.84. The van der Waals surface area contributed by atoms with Crippen LogP contribution in [0.1, 0.15) is 52.9 Å². The molecule has 0 spiro atoms. The maximum absolute atomic E-state index is 11.5. The van der Waals surface area contributed by atoms with Crippen molar-refractivity contribution in [1.29, 1.82) is 0 Å². The summed E-state index contributed by atoms with van der Waals surface area (Å²) in [5.74, 6) is 1.64. The van der Waals surface area contributed by atoms with Crippen LogP contribution in [0.3, 0.4) is 0 Å². The van der Waals surface area contributed by atoms with Gasteiger partial charge in [0.1, 0.15) is 0 Å². The van der Waals surface area contributed by atoms with Crippen LogP contribution in [-0.2, 0) is 4.79 Å². The molecule has 0 bridgehead atoms. The van der Waals surface area contributed by atoms with Gasteiger partial charge in [-0.05, 0) is 25.2 Å². The third-order valence-corrected chi connectivity index (χ3v) is 3.46. The zero-order valence-corrected chi connectivity index (χ0v) is 11.6. The summed E-state index contributed by atoms with van der Waals surface area (Å²) in [6.07, 6.45) is 6.09. The molecule has 1 fully saturated rings. The predicted molar refractivity (Wildman–Crippen MR) is 71.9 cm³/mol. The molecule has 0 saturated heterocycles. The first-order chi connectivity index (χ1) is 8.08. The fraction of sp³-hybridized carbons (Fsp3) is 0.929. The van der Waals surface area contributed by atoms with E-state index in [-0.39, 0.29) is 5.91 Å². The molecule has 1 atom stereocenters. The van der Waals surface area contributed by atoms with Gasteiger partial charge in [-0.2, -0.15) is 0 Å². The Hall–Kier alpha value is -0.570. The molecule has 0 heterocycles. The number of hydrogen-bond acceptors (Lipinski definition) is 2. The van der Waals surface area contributed by atoms with Gasteiger partial charge in [0.15, 0.2) is 0 Å². The van der Waals surface area contributed by atoms with Gasteiger partial charge >= 0.3 is 0 Å². The molecule has 1 aliphatic rings. The standard InChI is InChI=1S/C14H28N2O/c1-11(2)10-16-14(17)7-8-15-12(3)9-13-5-4-6-13/h11-13,15H,4-10H2,1-3H3,(H,16,17). The van der Waals surface area contributed by atoms with Crippen molar-refractivity contribution in [3.8, 4) is 0 Å². The van der Waals surface area contributed by atoms with Crippen LogP contribution in [0.2, 0.25) is 0 Å². The molecule has 100 valence electrons. The minimum Gasteiger partial charge on any atom is -0.356 e. The lowest BCUT2D eigenvalue weighted by Gasteiger charge is -2.28. The van der Waals surface area contributed by atoms with Crippen molar-refractivity contribution in [3.63, 3.8) is 0 Å². The van der Waals surface area contributed by atoms with E-state index in [9.17, 15) is 4.79 Å². The van der Waals surface area contributed by atoms with Gasteiger partial charge < -0.3 is 10.6 Å². The highest BCUT2D eigenvalue weighted by atomic mass is 16.1. The lowest BCUT2D eigenvalue weighted by atomic mass is 9.81. The number of nitrogens with one attached hydrogen (secondary N) is 2. The molecule has 1 unspecified atom stereocenters. The van der Waals surface area contributed by atoms with E-state index >= 15 is 0 Å². The summed E-state index contributed by atoms with van der Waals surface area (Å²) in [6.45, 7) is 8.04. The fourth-order valence-corrected chi connectivity index (χ4v) is 2.15. The van der Waals surface area contributed by atoms with E-state index in [1.54, 1.807) is 0 Å². The molecule has 1 saturated carbocycles. The molecule has 0 aromatic heterocycles. The first-order valence-electron chi connectivity index (χ1n) is 7.08. The number of carbonyl (C=O) groups excluding carboxylic acids is 1. The average molecular weight is 240 g/mol.